The van der Waals surface area contributed by atoms with Gasteiger partial charge in [0.15, 0.2) is 0 Å². The van der Waals surface area contributed by atoms with Crippen LogP contribution in [0.4, 0.5) is 0 Å². The topological polar surface area (TPSA) is 82.3 Å². The molecule has 0 amide bonds. The summed E-state index contributed by atoms with van der Waals surface area (Å²) in [5, 5.41) is 4.84. The molecule has 0 aliphatic heterocycles. The van der Waals surface area contributed by atoms with Crippen LogP contribution in [0.3, 0.4) is 0 Å². The van der Waals surface area contributed by atoms with Crippen LogP contribution in [0.25, 0.3) is 0 Å². The summed E-state index contributed by atoms with van der Waals surface area (Å²) in [5.74, 6) is -0.298. The molecule has 5 nitrogen and oxygen atoms in total. The van der Waals surface area contributed by atoms with Crippen molar-refractivity contribution in [3.8, 4) is 5.88 Å². The average molecular weight is 243 g/mol. The molecule has 8 heteroatoms. The fraction of sp³-hybridized carbons (Fsp3) is 0. The Hall–Kier alpha value is -0.560. The van der Waals surface area contributed by atoms with Gasteiger partial charge < -0.3 is 4.18 Å². The maximum atomic E-state index is 10.5. The van der Waals surface area contributed by atoms with Crippen molar-refractivity contribution in [2.45, 2.75) is 0 Å². The van der Waals surface area contributed by atoms with Gasteiger partial charge in [0.1, 0.15) is 5.02 Å². The fourth-order valence-electron chi connectivity index (χ4n) is 0.573. The highest BCUT2D eigenvalue weighted by Gasteiger charge is 2.10. The van der Waals surface area contributed by atoms with E-state index in [9.17, 15) is 8.42 Å². The second kappa shape index (κ2) is 3.67. The van der Waals surface area contributed by atoms with Gasteiger partial charge in [0.05, 0.1) is 5.02 Å². The van der Waals surface area contributed by atoms with Crippen LogP contribution < -0.4 is 9.32 Å². The molecule has 72 valence electrons. The largest absolute Gasteiger partial charge is 0.381 e. The third-order valence-corrected chi connectivity index (χ3v) is 1.84. The van der Waals surface area contributed by atoms with Gasteiger partial charge in [-0.1, -0.05) is 23.2 Å². The number of aromatic nitrogens is 1. The zero-order valence-electron chi connectivity index (χ0n) is 6.07. The number of pyridine rings is 1. The highest BCUT2D eigenvalue weighted by molar-refractivity contribution is 7.84. The number of nitrogens with two attached hydrogens (primary N) is 1. The molecule has 0 saturated carbocycles. The van der Waals surface area contributed by atoms with Crippen LogP contribution in [0.5, 0.6) is 5.88 Å². The van der Waals surface area contributed by atoms with E-state index in [1.165, 1.54) is 12.3 Å². The minimum atomic E-state index is -4.10. The Morgan fingerprint density at radius 2 is 2.08 bits per heavy atom. The minimum Gasteiger partial charge on any atom is -0.349 e. The maximum absolute atomic E-state index is 10.5. The Morgan fingerprint density at radius 3 is 2.54 bits per heavy atom. The van der Waals surface area contributed by atoms with Crippen molar-refractivity contribution in [2.75, 3.05) is 0 Å². The Labute approximate surface area is 84.7 Å². The Morgan fingerprint density at radius 1 is 1.46 bits per heavy atom. The molecular formula is C5H4Cl2N2O3S. The van der Waals surface area contributed by atoms with Crippen molar-refractivity contribution in [1.29, 1.82) is 0 Å². The summed E-state index contributed by atoms with van der Waals surface area (Å²) in [6, 6.07) is 1.29. The van der Waals surface area contributed by atoms with E-state index in [2.05, 4.69) is 14.3 Å². The summed E-state index contributed by atoms with van der Waals surface area (Å²) in [7, 11) is -4.10. The lowest BCUT2D eigenvalue weighted by Crippen LogP contribution is -2.19. The van der Waals surface area contributed by atoms with Crippen molar-refractivity contribution in [1.82, 2.24) is 4.98 Å². The first kappa shape index (κ1) is 10.5. The van der Waals surface area contributed by atoms with Crippen LogP contribution in [0.15, 0.2) is 12.3 Å². The molecule has 13 heavy (non-hydrogen) atoms. The Balaban J connectivity index is 3.04. The van der Waals surface area contributed by atoms with Gasteiger partial charge in [-0.3, -0.25) is 0 Å². The van der Waals surface area contributed by atoms with Crippen LogP contribution in [-0.4, -0.2) is 13.4 Å². The second-order valence-electron chi connectivity index (χ2n) is 2.02. The van der Waals surface area contributed by atoms with Crippen LogP contribution in [-0.2, 0) is 10.3 Å². The molecule has 1 aromatic heterocycles. The predicted molar refractivity (Wildman–Crippen MR) is 48.0 cm³/mol. The van der Waals surface area contributed by atoms with E-state index in [1.807, 2.05) is 0 Å². The van der Waals surface area contributed by atoms with Gasteiger partial charge in [-0.25, -0.2) is 4.98 Å². The van der Waals surface area contributed by atoms with Crippen molar-refractivity contribution < 1.29 is 12.6 Å². The summed E-state index contributed by atoms with van der Waals surface area (Å²) in [6.45, 7) is 0. The summed E-state index contributed by atoms with van der Waals surface area (Å²) < 4.78 is 25.2. The smallest absolute Gasteiger partial charge is 0.349 e. The highest BCUT2D eigenvalue weighted by atomic mass is 35.5. The second-order valence-corrected chi connectivity index (χ2v) is 4.01. The third-order valence-electron chi connectivity index (χ3n) is 0.969. The van der Waals surface area contributed by atoms with Gasteiger partial charge in [0, 0.05) is 6.20 Å². The molecule has 0 fully saturated rings. The van der Waals surface area contributed by atoms with Crippen LogP contribution in [0.2, 0.25) is 10.0 Å². The van der Waals surface area contributed by atoms with E-state index in [0.717, 1.165) is 0 Å². The molecule has 1 rings (SSSR count). The average Bonchev–Trinajstić information content (AvgIpc) is 1.93. The fourth-order valence-corrected chi connectivity index (χ4v) is 1.39. The van der Waals surface area contributed by atoms with Crippen LogP contribution in [0.1, 0.15) is 0 Å². The van der Waals surface area contributed by atoms with Gasteiger partial charge in [-0.2, -0.15) is 13.6 Å². The lowest BCUT2D eigenvalue weighted by atomic mass is 10.5. The van der Waals surface area contributed by atoms with Gasteiger partial charge in [-0.05, 0) is 6.07 Å². The summed E-state index contributed by atoms with van der Waals surface area (Å²) in [4.78, 5) is 3.52. The van der Waals surface area contributed by atoms with E-state index in [0.29, 0.717) is 0 Å². The summed E-state index contributed by atoms with van der Waals surface area (Å²) in [6.07, 6.45) is 1.19. The number of halogens is 2. The predicted octanol–water partition coefficient (Wildman–Crippen LogP) is 0.971. The first-order valence-electron chi connectivity index (χ1n) is 2.92. The van der Waals surface area contributed by atoms with Crippen molar-refractivity contribution in [3.05, 3.63) is 22.3 Å². The minimum absolute atomic E-state index is 0.0264. The highest BCUT2D eigenvalue weighted by Crippen LogP contribution is 2.24. The molecule has 0 radical (unpaired) electrons. The van der Waals surface area contributed by atoms with E-state index >= 15 is 0 Å². The Kier molecular flexibility index (Phi) is 2.97. The molecule has 0 bridgehead atoms. The Bertz CT molecular complexity index is 420. The van der Waals surface area contributed by atoms with E-state index < -0.39 is 10.3 Å². The standard InChI is InChI=1S/C5H4Cl2N2O3S/c6-3-1-4(7)5(9-2-3)12-13(8,10)11/h1-2H,(H2,8,10,11). The van der Waals surface area contributed by atoms with E-state index in [1.54, 1.807) is 0 Å². The third kappa shape index (κ3) is 3.35. The monoisotopic (exact) mass is 242 g/mol. The molecule has 0 unspecified atom stereocenters. The zero-order valence-corrected chi connectivity index (χ0v) is 8.40. The molecule has 0 atom stereocenters. The molecule has 1 aromatic rings. The maximum Gasteiger partial charge on any atom is 0.381 e. The van der Waals surface area contributed by atoms with Gasteiger partial charge in [-0.15, -0.1) is 0 Å². The summed E-state index contributed by atoms with van der Waals surface area (Å²) in [5.41, 5.74) is 0. The quantitative estimate of drug-likeness (QED) is 0.838. The van der Waals surface area contributed by atoms with Crippen molar-refractivity contribution >= 4 is 33.5 Å². The first-order valence-corrected chi connectivity index (χ1v) is 5.14. The number of hydrogen-bond acceptors (Lipinski definition) is 4. The number of nitrogens with zero attached hydrogens (tertiary/aromatic N) is 1. The van der Waals surface area contributed by atoms with Crippen molar-refractivity contribution in [2.24, 2.45) is 5.14 Å². The van der Waals surface area contributed by atoms with Gasteiger partial charge >= 0.3 is 10.3 Å². The molecule has 0 aliphatic rings. The normalized spacial score (nSPS) is 11.3. The summed E-state index contributed by atoms with van der Waals surface area (Å²) >= 11 is 11.0. The molecule has 1 heterocycles. The molecular weight excluding hydrogens is 239 g/mol. The van der Waals surface area contributed by atoms with Crippen molar-refractivity contribution in [3.63, 3.8) is 0 Å². The van der Waals surface area contributed by atoms with Gasteiger partial charge in [0.25, 0.3) is 5.88 Å². The van der Waals surface area contributed by atoms with Crippen LogP contribution in [0, 0.1) is 0 Å². The lowest BCUT2D eigenvalue weighted by molar-refractivity contribution is 0.478. The first-order chi connectivity index (χ1) is 5.88. The van der Waals surface area contributed by atoms with E-state index in [4.69, 9.17) is 23.2 Å². The van der Waals surface area contributed by atoms with Crippen LogP contribution >= 0.6 is 23.2 Å². The molecule has 0 aromatic carbocycles. The zero-order chi connectivity index (χ0) is 10.1. The SMILES string of the molecule is NS(=O)(=O)Oc1ncc(Cl)cc1Cl. The molecule has 0 aliphatic carbocycles. The lowest BCUT2D eigenvalue weighted by Gasteiger charge is -2.02. The van der Waals surface area contributed by atoms with Gasteiger partial charge in [0.2, 0.25) is 0 Å². The number of rotatable bonds is 2. The molecule has 0 saturated heterocycles. The molecule has 0 spiro atoms. The number of hydrogen-bond donors (Lipinski definition) is 1. The van der Waals surface area contributed by atoms with E-state index in [-0.39, 0.29) is 15.9 Å². The molecule has 2 N–H and O–H groups in total.